The molecule has 0 fully saturated rings. The summed E-state index contributed by atoms with van der Waals surface area (Å²) in [5.74, 6) is -0.574. The normalized spacial score (nSPS) is 10.4. The van der Waals surface area contributed by atoms with Crippen molar-refractivity contribution in [3.05, 3.63) is 51.6 Å². The monoisotopic (exact) mass is 257 g/mol. The fourth-order valence-corrected chi connectivity index (χ4v) is 2.00. The molecule has 0 aliphatic heterocycles. The molecule has 1 aromatic heterocycles. The second-order valence-electron chi connectivity index (χ2n) is 4.25. The van der Waals surface area contributed by atoms with E-state index in [2.05, 4.69) is 9.97 Å². The Labute approximate surface area is 110 Å². The number of aryl methyl sites for hydroxylation is 2. The number of nitrogens with two attached hydrogens (primary N) is 1. The number of benzene rings is 1. The van der Waals surface area contributed by atoms with Gasteiger partial charge in [0.2, 0.25) is 5.91 Å². The minimum Gasteiger partial charge on any atom is -0.366 e. The van der Waals surface area contributed by atoms with E-state index in [0.29, 0.717) is 17.5 Å². The number of hydrogen-bond acceptors (Lipinski definition) is 3. The van der Waals surface area contributed by atoms with Crippen LogP contribution in [0.1, 0.15) is 28.7 Å². The Morgan fingerprint density at radius 1 is 1.37 bits per heavy atom. The second kappa shape index (κ2) is 5.06. The third-order valence-electron chi connectivity index (χ3n) is 2.98. The van der Waals surface area contributed by atoms with E-state index in [1.165, 1.54) is 0 Å². The van der Waals surface area contributed by atoms with Gasteiger partial charge in [0, 0.05) is 16.8 Å². The molecule has 1 amide bonds. The lowest BCUT2D eigenvalue weighted by atomic mass is 10.0. The zero-order chi connectivity index (χ0) is 14.0. The Kier molecular flexibility index (Phi) is 3.46. The summed E-state index contributed by atoms with van der Waals surface area (Å²) < 4.78 is 0. The van der Waals surface area contributed by atoms with Gasteiger partial charge in [-0.3, -0.25) is 9.59 Å². The summed E-state index contributed by atoms with van der Waals surface area (Å²) >= 11 is 0. The van der Waals surface area contributed by atoms with Crippen molar-refractivity contribution in [3.63, 3.8) is 0 Å². The van der Waals surface area contributed by atoms with Crippen LogP contribution >= 0.6 is 0 Å². The van der Waals surface area contributed by atoms with Gasteiger partial charge in [0.05, 0.1) is 5.69 Å². The van der Waals surface area contributed by atoms with E-state index in [-0.39, 0.29) is 11.3 Å². The van der Waals surface area contributed by atoms with Gasteiger partial charge in [-0.1, -0.05) is 25.1 Å². The van der Waals surface area contributed by atoms with E-state index in [1.807, 2.05) is 6.92 Å². The molecule has 0 saturated heterocycles. The molecule has 19 heavy (non-hydrogen) atoms. The van der Waals surface area contributed by atoms with Crippen LogP contribution < -0.4 is 11.3 Å². The largest absolute Gasteiger partial charge is 0.366 e. The fourth-order valence-electron chi connectivity index (χ4n) is 2.00. The van der Waals surface area contributed by atoms with Crippen LogP contribution in [-0.4, -0.2) is 15.9 Å². The maximum Gasteiger partial charge on any atom is 0.274 e. The Balaban J connectivity index is 2.72. The average Bonchev–Trinajstić information content (AvgIpc) is 2.39. The molecular formula is C14H15N3O2. The number of rotatable bonds is 3. The summed E-state index contributed by atoms with van der Waals surface area (Å²) in [6, 6.07) is 6.71. The highest BCUT2D eigenvalue weighted by Gasteiger charge is 2.15. The van der Waals surface area contributed by atoms with Gasteiger partial charge in [0.15, 0.2) is 0 Å². The molecule has 0 atom stereocenters. The number of carbonyl (C=O) groups excluding carboxylic acids is 1. The van der Waals surface area contributed by atoms with Crippen molar-refractivity contribution in [1.29, 1.82) is 0 Å². The lowest BCUT2D eigenvalue weighted by molar-refractivity contribution is 0.100. The Hall–Kier alpha value is -2.43. The molecule has 1 heterocycles. The number of hydrogen-bond donors (Lipinski definition) is 2. The molecule has 0 spiro atoms. The lowest BCUT2D eigenvalue weighted by Crippen LogP contribution is -2.19. The number of aromatic nitrogens is 2. The van der Waals surface area contributed by atoms with Crippen molar-refractivity contribution in [2.75, 3.05) is 0 Å². The molecule has 2 aromatic rings. The first-order chi connectivity index (χ1) is 9.04. The third kappa shape index (κ3) is 2.40. The molecule has 98 valence electrons. The quantitative estimate of drug-likeness (QED) is 0.871. The van der Waals surface area contributed by atoms with Crippen LogP contribution in [0.2, 0.25) is 0 Å². The third-order valence-corrected chi connectivity index (χ3v) is 2.98. The second-order valence-corrected chi connectivity index (χ2v) is 4.25. The predicted molar refractivity (Wildman–Crippen MR) is 72.9 cm³/mol. The minimum absolute atomic E-state index is 0.233. The van der Waals surface area contributed by atoms with Gasteiger partial charge in [-0.2, -0.15) is 0 Å². The van der Waals surface area contributed by atoms with Gasteiger partial charge >= 0.3 is 0 Å². The summed E-state index contributed by atoms with van der Waals surface area (Å²) in [5.41, 5.74) is 7.55. The number of primary amides is 1. The van der Waals surface area contributed by atoms with E-state index >= 15 is 0 Å². The molecule has 5 heteroatoms. The van der Waals surface area contributed by atoms with Crippen molar-refractivity contribution < 1.29 is 4.79 Å². The smallest absolute Gasteiger partial charge is 0.274 e. The van der Waals surface area contributed by atoms with Crippen LogP contribution in [0.4, 0.5) is 0 Å². The molecule has 0 radical (unpaired) electrons. The van der Waals surface area contributed by atoms with Crippen molar-refractivity contribution >= 4 is 5.91 Å². The SMILES string of the molecule is CCc1nc(-c2ccccc2C(N)=O)c(=O)[nH]c1C. The number of amides is 1. The van der Waals surface area contributed by atoms with Crippen molar-refractivity contribution in [1.82, 2.24) is 9.97 Å². The van der Waals surface area contributed by atoms with Crippen LogP contribution in [0.5, 0.6) is 0 Å². The summed E-state index contributed by atoms with van der Waals surface area (Å²) in [5, 5.41) is 0. The van der Waals surface area contributed by atoms with Crippen LogP contribution in [-0.2, 0) is 6.42 Å². The number of H-pyrrole nitrogens is 1. The zero-order valence-electron chi connectivity index (χ0n) is 10.9. The first-order valence-corrected chi connectivity index (χ1v) is 6.03. The van der Waals surface area contributed by atoms with E-state index in [4.69, 9.17) is 5.73 Å². The minimum atomic E-state index is -0.574. The average molecular weight is 257 g/mol. The summed E-state index contributed by atoms with van der Waals surface area (Å²) in [4.78, 5) is 30.5. The first kappa shape index (κ1) is 13.0. The zero-order valence-corrected chi connectivity index (χ0v) is 10.9. The number of aromatic amines is 1. The predicted octanol–water partition coefficient (Wildman–Crippen LogP) is 1.41. The molecule has 0 unspecified atom stereocenters. The van der Waals surface area contributed by atoms with Gasteiger partial charge < -0.3 is 10.7 Å². The van der Waals surface area contributed by atoms with Gasteiger partial charge in [-0.25, -0.2) is 4.98 Å². The number of carbonyl (C=O) groups is 1. The highest BCUT2D eigenvalue weighted by atomic mass is 16.1. The van der Waals surface area contributed by atoms with E-state index < -0.39 is 5.91 Å². The van der Waals surface area contributed by atoms with Gasteiger partial charge in [0.1, 0.15) is 5.69 Å². The summed E-state index contributed by atoms with van der Waals surface area (Å²) in [6.45, 7) is 3.76. The Bertz CT molecular complexity index is 689. The molecule has 0 bridgehead atoms. The molecule has 2 rings (SSSR count). The standard InChI is InChI=1S/C14H15N3O2/c1-3-11-8(2)16-14(19)12(17-11)9-6-4-5-7-10(9)13(15)18/h4-7H,3H2,1-2H3,(H2,15,18)(H,16,19). The van der Waals surface area contributed by atoms with Crippen molar-refractivity contribution in [2.45, 2.75) is 20.3 Å². The summed E-state index contributed by atoms with van der Waals surface area (Å²) in [6.07, 6.45) is 0.703. The van der Waals surface area contributed by atoms with E-state index in [1.54, 1.807) is 31.2 Å². The highest BCUT2D eigenvalue weighted by Crippen LogP contribution is 2.19. The molecule has 5 nitrogen and oxygen atoms in total. The highest BCUT2D eigenvalue weighted by molar-refractivity contribution is 5.99. The van der Waals surface area contributed by atoms with E-state index in [0.717, 1.165) is 11.4 Å². The van der Waals surface area contributed by atoms with E-state index in [9.17, 15) is 9.59 Å². The molecule has 3 N–H and O–H groups in total. The maximum atomic E-state index is 12.0. The Morgan fingerprint density at radius 2 is 2.05 bits per heavy atom. The van der Waals surface area contributed by atoms with Gasteiger partial charge in [0.25, 0.3) is 5.56 Å². The Morgan fingerprint density at radius 3 is 2.68 bits per heavy atom. The maximum absolute atomic E-state index is 12.0. The number of nitrogens with one attached hydrogen (secondary N) is 1. The molecule has 0 aliphatic rings. The van der Waals surface area contributed by atoms with Crippen LogP contribution in [0.25, 0.3) is 11.3 Å². The first-order valence-electron chi connectivity index (χ1n) is 6.03. The van der Waals surface area contributed by atoms with Gasteiger partial charge in [-0.05, 0) is 19.4 Å². The molecule has 0 saturated carbocycles. The molecular weight excluding hydrogens is 242 g/mol. The van der Waals surface area contributed by atoms with Gasteiger partial charge in [-0.15, -0.1) is 0 Å². The van der Waals surface area contributed by atoms with Crippen LogP contribution in [0.15, 0.2) is 29.1 Å². The van der Waals surface area contributed by atoms with Crippen LogP contribution in [0.3, 0.4) is 0 Å². The van der Waals surface area contributed by atoms with Crippen molar-refractivity contribution in [2.24, 2.45) is 5.73 Å². The van der Waals surface area contributed by atoms with Crippen molar-refractivity contribution in [3.8, 4) is 11.3 Å². The molecule has 1 aromatic carbocycles. The lowest BCUT2D eigenvalue weighted by Gasteiger charge is -2.08. The van der Waals surface area contributed by atoms with Crippen LogP contribution in [0, 0.1) is 6.92 Å². The number of nitrogens with zero attached hydrogens (tertiary/aromatic N) is 1. The summed E-state index contributed by atoms with van der Waals surface area (Å²) in [7, 11) is 0. The fraction of sp³-hybridized carbons (Fsp3) is 0.214. The topological polar surface area (TPSA) is 88.8 Å². The molecule has 0 aliphatic carbocycles.